The van der Waals surface area contributed by atoms with E-state index in [1.165, 1.54) is 0 Å². The molecule has 1 aliphatic rings. The largest absolute Gasteiger partial charge is 0.345 e. The molecule has 6 heteroatoms. The summed E-state index contributed by atoms with van der Waals surface area (Å²) in [4.78, 5) is 29.8. The van der Waals surface area contributed by atoms with E-state index in [0.29, 0.717) is 13.0 Å². The second-order valence-electron chi connectivity index (χ2n) is 5.20. The maximum absolute atomic E-state index is 12.0. The minimum Gasteiger partial charge on any atom is -0.345 e. The topological polar surface area (TPSA) is 67.2 Å². The Morgan fingerprint density at radius 2 is 2.21 bits per heavy atom. The molecule has 1 atom stereocenters. The van der Waals surface area contributed by atoms with Gasteiger partial charge in [-0.15, -0.1) is 0 Å². The smallest absolute Gasteiger partial charge is 0.243 e. The van der Waals surface area contributed by atoms with Gasteiger partial charge in [-0.3, -0.25) is 9.59 Å². The van der Waals surface area contributed by atoms with Gasteiger partial charge in [-0.1, -0.05) is 13.8 Å². The van der Waals surface area contributed by atoms with Crippen molar-refractivity contribution in [1.82, 2.24) is 19.8 Å². The first-order chi connectivity index (χ1) is 9.00. The SMILES string of the molecule is CC(C)C1C(=O)NCC(=O)N1CCc1nccn1C. The lowest BCUT2D eigenvalue weighted by Crippen LogP contribution is -2.60. The van der Waals surface area contributed by atoms with Crippen LogP contribution in [0.2, 0.25) is 0 Å². The summed E-state index contributed by atoms with van der Waals surface area (Å²) >= 11 is 0. The summed E-state index contributed by atoms with van der Waals surface area (Å²) in [5, 5.41) is 2.65. The average Bonchev–Trinajstić information content (AvgIpc) is 2.75. The first-order valence-electron chi connectivity index (χ1n) is 6.54. The molecule has 1 N–H and O–H groups in total. The standard InChI is InChI=1S/C13H20N4O2/c1-9(2)12-13(19)15-8-11(18)17(12)6-4-10-14-5-7-16(10)3/h5,7,9,12H,4,6,8H2,1-3H3,(H,15,19). The second kappa shape index (κ2) is 5.42. The van der Waals surface area contributed by atoms with Crippen LogP contribution in [0.1, 0.15) is 19.7 Å². The number of carbonyl (C=O) groups is 2. The summed E-state index contributed by atoms with van der Waals surface area (Å²) in [7, 11) is 1.92. The van der Waals surface area contributed by atoms with Gasteiger partial charge in [0.15, 0.2) is 0 Å². The third-order valence-electron chi connectivity index (χ3n) is 3.47. The molecule has 1 aliphatic heterocycles. The lowest BCUT2D eigenvalue weighted by molar-refractivity contribution is -0.147. The first kappa shape index (κ1) is 13.6. The highest BCUT2D eigenvalue weighted by Crippen LogP contribution is 2.15. The number of imidazole rings is 1. The van der Waals surface area contributed by atoms with Crippen molar-refractivity contribution in [3.63, 3.8) is 0 Å². The fourth-order valence-electron chi connectivity index (χ4n) is 2.45. The van der Waals surface area contributed by atoms with Gasteiger partial charge in [0.1, 0.15) is 11.9 Å². The molecule has 1 unspecified atom stereocenters. The maximum atomic E-state index is 12.0. The van der Waals surface area contributed by atoms with Gasteiger partial charge >= 0.3 is 0 Å². The molecule has 2 rings (SSSR count). The number of aryl methyl sites for hydroxylation is 1. The molecule has 1 saturated heterocycles. The number of amides is 2. The van der Waals surface area contributed by atoms with Gasteiger partial charge < -0.3 is 14.8 Å². The number of hydrogen-bond donors (Lipinski definition) is 1. The van der Waals surface area contributed by atoms with E-state index in [1.54, 1.807) is 11.1 Å². The first-order valence-corrected chi connectivity index (χ1v) is 6.54. The number of hydrogen-bond acceptors (Lipinski definition) is 3. The molecule has 104 valence electrons. The van der Waals surface area contributed by atoms with Crippen LogP contribution in [-0.4, -0.2) is 45.4 Å². The van der Waals surface area contributed by atoms with Crippen molar-refractivity contribution in [1.29, 1.82) is 0 Å². The molecule has 2 amide bonds. The summed E-state index contributed by atoms with van der Waals surface area (Å²) in [6, 6.07) is -0.374. The minimum absolute atomic E-state index is 0.0208. The lowest BCUT2D eigenvalue weighted by Gasteiger charge is -2.37. The summed E-state index contributed by atoms with van der Waals surface area (Å²) in [5.41, 5.74) is 0. The Morgan fingerprint density at radius 1 is 1.47 bits per heavy atom. The second-order valence-corrected chi connectivity index (χ2v) is 5.20. The van der Waals surface area contributed by atoms with Crippen molar-refractivity contribution in [3.8, 4) is 0 Å². The molecule has 19 heavy (non-hydrogen) atoms. The molecule has 1 aromatic rings. The molecule has 0 aromatic carbocycles. The van der Waals surface area contributed by atoms with Gasteiger partial charge in [0.2, 0.25) is 11.8 Å². The third-order valence-corrected chi connectivity index (χ3v) is 3.47. The van der Waals surface area contributed by atoms with E-state index < -0.39 is 0 Å². The van der Waals surface area contributed by atoms with E-state index in [-0.39, 0.29) is 30.3 Å². The van der Waals surface area contributed by atoms with Crippen molar-refractivity contribution >= 4 is 11.8 Å². The number of piperazine rings is 1. The van der Waals surface area contributed by atoms with Crippen LogP contribution < -0.4 is 5.32 Å². The van der Waals surface area contributed by atoms with Gasteiger partial charge in [-0.2, -0.15) is 0 Å². The molecule has 0 aliphatic carbocycles. The van der Waals surface area contributed by atoms with Gasteiger partial charge in [0.05, 0.1) is 6.54 Å². The minimum atomic E-state index is -0.374. The summed E-state index contributed by atoms with van der Waals surface area (Å²) in [5.74, 6) is 0.939. The molecule has 1 fully saturated rings. The number of nitrogens with one attached hydrogen (secondary N) is 1. The van der Waals surface area contributed by atoms with Gasteiger partial charge in [0.25, 0.3) is 0 Å². The van der Waals surface area contributed by atoms with Crippen LogP contribution in [0, 0.1) is 5.92 Å². The molecule has 6 nitrogen and oxygen atoms in total. The molecular weight excluding hydrogens is 244 g/mol. The Hall–Kier alpha value is -1.85. The van der Waals surface area contributed by atoms with Crippen molar-refractivity contribution in [2.24, 2.45) is 13.0 Å². The van der Waals surface area contributed by atoms with Crippen molar-refractivity contribution in [2.75, 3.05) is 13.1 Å². The van der Waals surface area contributed by atoms with Crippen LogP contribution in [0.5, 0.6) is 0 Å². The van der Waals surface area contributed by atoms with Crippen molar-refractivity contribution in [2.45, 2.75) is 26.3 Å². The van der Waals surface area contributed by atoms with Crippen LogP contribution in [0.3, 0.4) is 0 Å². The monoisotopic (exact) mass is 264 g/mol. The maximum Gasteiger partial charge on any atom is 0.243 e. The zero-order valence-corrected chi connectivity index (χ0v) is 11.6. The summed E-state index contributed by atoms with van der Waals surface area (Å²) in [6.45, 7) is 4.54. The van der Waals surface area contributed by atoms with Crippen LogP contribution in [-0.2, 0) is 23.1 Å². The molecule has 1 aromatic heterocycles. The average molecular weight is 264 g/mol. The molecule has 0 bridgehead atoms. The van der Waals surface area contributed by atoms with E-state index >= 15 is 0 Å². The highest BCUT2D eigenvalue weighted by atomic mass is 16.2. The normalized spacial score (nSPS) is 20.0. The predicted octanol–water partition coefficient (Wildman–Crippen LogP) is -0.0544. The van der Waals surface area contributed by atoms with Crippen LogP contribution in [0.25, 0.3) is 0 Å². The quantitative estimate of drug-likeness (QED) is 0.829. The van der Waals surface area contributed by atoms with Crippen LogP contribution in [0.4, 0.5) is 0 Å². The van der Waals surface area contributed by atoms with E-state index in [4.69, 9.17) is 0 Å². The number of carbonyl (C=O) groups excluding carboxylic acids is 2. The van der Waals surface area contributed by atoms with E-state index in [9.17, 15) is 9.59 Å². The fourth-order valence-corrected chi connectivity index (χ4v) is 2.45. The molecule has 2 heterocycles. The Morgan fingerprint density at radius 3 is 2.79 bits per heavy atom. The fraction of sp³-hybridized carbons (Fsp3) is 0.615. The lowest BCUT2D eigenvalue weighted by atomic mass is 9.99. The van der Waals surface area contributed by atoms with Crippen molar-refractivity contribution < 1.29 is 9.59 Å². The Labute approximate surface area is 112 Å². The zero-order valence-electron chi connectivity index (χ0n) is 11.6. The van der Waals surface area contributed by atoms with E-state index in [2.05, 4.69) is 10.3 Å². The van der Waals surface area contributed by atoms with Gasteiger partial charge in [-0.05, 0) is 5.92 Å². The number of nitrogens with zero attached hydrogens (tertiary/aromatic N) is 3. The highest BCUT2D eigenvalue weighted by Gasteiger charge is 2.36. The summed E-state index contributed by atoms with van der Waals surface area (Å²) < 4.78 is 1.93. The molecule has 0 radical (unpaired) electrons. The molecule has 0 spiro atoms. The zero-order chi connectivity index (χ0) is 14.0. The third kappa shape index (κ3) is 2.77. The molecular formula is C13H20N4O2. The molecule has 0 saturated carbocycles. The van der Waals surface area contributed by atoms with E-state index in [0.717, 1.165) is 5.82 Å². The number of rotatable bonds is 4. The van der Waals surface area contributed by atoms with Gasteiger partial charge in [0, 0.05) is 32.4 Å². The van der Waals surface area contributed by atoms with Crippen molar-refractivity contribution in [3.05, 3.63) is 18.2 Å². The Kier molecular flexibility index (Phi) is 3.87. The summed E-state index contributed by atoms with van der Waals surface area (Å²) in [6.07, 6.45) is 4.27. The number of aromatic nitrogens is 2. The Balaban J connectivity index is 2.08. The van der Waals surface area contributed by atoms with Crippen LogP contribution >= 0.6 is 0 Å². The van der Waals surface area contributed by atoms with Crippen LogP contribution in [0.15, 0.2) is 12.4 Å². The Bertz CT molecular complexity index is 481. The van der Waals surface area contributed by atoms with E-state index in [1.807, 2.05) is 31.7 Å². The predicted molar refractivity (Wildman–Crippen MR) is 70.3 cm³/mol. The van der Waals surface area contributed by atoms with Gasteiger partial charge in [-0.25, -0.2) is 4.98 Å². The highest BCUT2D eigenvalue weighted by molar-refractivity contribution is 5.94.